The minimum atomic E-state index is -0.156. The lowest BCUT2D eigenvalue weighted by Crippen LogP contribution is -2.26. The number of fused-ring (bicyclic) bond motifs is 3. The van der Waals surface area contributed by atoms with Gasteiger partial charge < -0.3 is 9.88 Å². The van der Waals surface area contributed by atoms with E-state index in [0.717, 1.165) is 35.3 Å². The van der Waals surface area contributed by atoms with E-state index in [1.807, 2.05) is 35.7 Å². The van der Waals surface area contributed by atoms with Gasteiger partial charge in [0.15, 0.2) is 0 Å². The number of aromatic amines is 1. The Hall–Kier alpha value is -3.48. The number of H-pyrrole nitrogens is 1. The van der Waals surface area contributed by atoms with Gasteiger partial charge >= 0.3 is 0 Å². The van der Waals surface area contributed by atoms with Crippen molar-refractivity contribution in [1.29, 1.82) is 0 Å². The summed E-state index contributed by atoms with van der Waals surface area (Å²) in [6.45, 7) is 2.50. The maximum Gasteiger partial charge on any atom is 0.274 e. The summed E-state index contributed by atoms with van der Waals surface area (Å²) in [6.07, 6.45) is 11.0. The fourth-order valence-electron chi connectivity index (χ4n) is 4.80. The monoisotopic (exact) mass is 429 g/mol. The van der Waals surface area contributed by atoms with E-state index in [0.29, 0.717) is 29.1 Å². The second kappa shape index (κ2) is 8.22. The van der Waals surface area contributed by atoms with Crippen molar-refractivity contribution in [2.45, 2.75) is 51.5 Å². The fraction of sp³-hybridized carbons (Fsp3) is 0.360. The summed E-state index contributed by atoms with van der Waals surface area (Å²) in [4.78, 5) is 39.3. The van der Waals surface area contributed by atoms with Crippen LogP contribution in [0.5, 0.6) is 0 Å². The summed E-state index contributed by atoms with van der Waals surface area (Å²) in [6, 6.07) is 7.42. The molecule has 1 aromatic carbocycles. The van der Waals surface area contributed by atoms with Crippen LogP contribution in [0.25, 0.3) is 16.6 Å². The molecule has 1 aliphatic rings. The van der Waals surface area contributed by atoms with Crippen LogP contribution in [0.1, 0.15) is 65.3 Å². The summed E-state index contributed by atoms with van der Waals surface area (Å²) in [5, 5.41) is 0. The van der Waals surface area contributed by atoms with Crippen molar-refractivity contribution >= 4 is 22.5 Å². The lowest BCUT2D eigenvalue weighted by Gasteiger charge is -2.21. The van der Waals surface area contributed by atoms with E-state index in [1.54, 1.807) is 30.4 Å². The Morgan fingerprint density at radius 2 is 1.97 bits per heavy atom. The predicted octanol–water partition coefficient (Wildman–Crippen LogP) is 4.20. The first-order valence-corrected chi connectivity index (χ1v) is 11.2. The van der Waals surface area contributed by atoms with E-state index >= 15 is 0 Å². The van der Waals surface area contributed by atoms with Crippen LogP contribution in [-0.2, 0) is 6.54 Å². The number of aromatic nitrogens is 4. The van der Waals surface area contributed by atoms with Crippen molar-refractivity contribution in [3.63, 3.8) is 0 Å². The zero-order valence-corrected chi connectivity index (χ0v) is 18.5. The lowest BCUT2D eigenvalue weighted by atomic mass is 9.88. The molecular weight excluding hydrogens is 402 g/mol. The summed E-state index contributed by atoms with van der Waals surface area (Å²) in [7, 11) is 1.81. The van der Waals surface area contributed by atoms with Crippen molar-refractivity contribution in [1.82, 2.24) is 24.3 Å². The maximum atomic E-state index is 13.2. The van der Waals surface area contributed by atoms with E-state index in [9.17, 15) is 9.59 Å². The smallest absolute Gasteiger partial charge is 0.274 e. The van der Waals surface area contributed by atoms with E-state index < -0.39 is 0 Å². The van der Waals surface area contributed by atoms with Crippen molar-refractivity contribution in [2.75, 3.05) is 7.05 Å². The predicted molar refractivity (Wildman–Crippen MR) is 124 cm³/mol. The molecule has 0 aliphatic heterocycles. The number of imidazole rings is 1. The molecule has 1 fully saturated rings. The van der Waals surface area contributed by atoms with Gasteiger partial charge in [-0.1, -0.05) is 19.3 Å². The fourth-order valence-corrected chi connectivity index (χ4v) is 4.80. The quantitative estimate of drug-likeness (QED) is 0.527. The molecule has 0 atom stereocenters. The number of pyridine rings is 1. The van der Waals surface area contributed by atoms with Crippen LogP contribution in [0.15, 0.2) is 47.7 Å². The number of aryl methyl sites for hydroxylation is 1. The summed E-state index contributed by atoms with van der Waals surface area (Å²) in [5.74, 6) is 1.20. The first kappa shape index (κ1) is 20.4. The van der Waals surface area contributed by atoms with Crippen LogP contribution >= 0.6 is 0 Å². The highest BCUT2D eigenvalue weighted by molar-refractivity contribution is 5.97. The van der Waals surface area contributed by atoms with Crippen LogP contribution < -0.4 is 5.56 Å². The summed E-state index contributed by atoms with van der Waals surface area (Å²) in [5.41, 5.74) is 4.61. The molecule has 7 heteroatoms. The SMILES string of the molecule is Cc1cnccc1CN(C)C(=O)c1ccc2[nH]c(=O)c3cnc(C4CCCCC4)n3c2c1. The number of benzene rings is 1. The molecule has 5 rings (SSSR count). The Kier molecular flexibility index (Phi) is 5.25. The average Bonchev–Trinajstić information content (AvgIpc) is 3.27. The zero-order chi connectivity index (χ0) is 22.2. The Morgan fingerprint density at radius 3 is 2.75 bits per heavy atom. The third-order valence-electron chi connectivity index (χ3n) is 6.62. The summed E-state index contributed by atoms with van der Waals surface area (Å²) < 4.78 is 1.97. The average molecular weight is 430 g/mol. The van der Waals surface area contributed by atoms with Gasteiger partial charge in [-0.05, 0) is 55.2 Å². The number of rotatable bonds is 4. The minimum Gasteiger partial charge on any atom is -0.337 e. The molecule has 1 saturated carbocycles. The normalized spacial score (nSPS) is 14.8. The third-order valence-corrected chi connectivity index (χ3v) is 6.62. The molecule has 1 amide bonds. The van der Waals surface area contributed by atoms with E-state index in [1.165, 1.54) is 19.3 Å². The van der Waals surface area contributed by atoms with Gasteiger partial charge in [0.05, 0.1) is 17.2 Å². The van der Waals surface area contributed by atoms with E-state index in [4.69, 9.17) is 0 Å². The molecule has 0 spiro atoms. The number of nitrogens with zero attached hydrogens (tertiary/aromatic N) is 4. The van der Waals surface area contributed by atoms with Crippen LogP contribution in [0.3, 0.4) is 0 Å². The number of hydrogen-bond acceptors (Lipinski definition) is 4. The standard InChI is InChI=1S/C25H27N5O2/c1-16-13-26-11-10-19(16)15-29(2)25(32)18-8-9-20-21(12-18)30-22(24(31)28-20)14-27-23(30)17-6-4-3-5-7-17/h8-14,17H,3-7,15H2,1-2H3,(H,28,31). The lowest BCUT2D eigenvalue weighted by molar-refractivity contribution is 0.0785. The van der Waals surface area contributed by atoms with Gasteiger partial charge in [0, 0.05) is 37.5 Å². The van der Waals surface area contributed by atoms with E-state index in [-0.39, 0.29) is 11.5 Å². The van der Waals surface area contributed by atoms with Crippen molar-refractivity contribution in [2.24, 2.45) is 0 Å². The van der Waals surface area contributed by atoms with Gasteiger partial charge in [0.2, 0.25) is 0 Å². The zero-order valence-electron chi connectivity index (χ0n) is 18.5. The molecule has 3 aromatic heterocycles. The van der Waals surface area contributed by atoms with E-state index in [2.05, 4.69) is 15.0 Å². The number of nitrogens with one attached hydrogen (secondary N) is 1. The molecule has 164 valence electrons. The molecule has 0 bridgehead atoms. The molecule has 4 aromatic rings. The number of amides is 1. The van der Waals surface area contributed by atoms with Gasteiger partial charge in [-0.15, -0.1) is 0 Å². The molecule has 7 nitrogen and oxygen atoms in total. The third kappa shape index (κ3) is 3.57. The highest BCUT2D eigenvalue weighted by Crippen LogP contribution is 2.33. The molecular formula is C25H27N5O2. The van der Waals surface area contributed by atoms with Crippen LogP contribution in [0.2, 0.25) is 0 Å². The highest BCUT2D eigenvalue weighted by Gasteiger charge is 2.23. The number of hydrogen-bond donors (Lipinski definition) is 1. The van der Waals surface area contributed by atoms with Crippen LogP contribution in [0.4, 0.5) is 0 Å². The molecule has 0 radical (unpaired) electrons. The molecule has 3 heterocycles. The van der Waals surface area contributed by atoms with Crippen LogP contribution in [0, 0.1) is 6.92 Å². The topological polar surface area (TPSA) is 83.4 Å². The van der Waals surface area contributed by atoms with Gasteiger partial charge in [0.25, 0.3) is 11.5 Å². The number of carbonyl (C=O) groups excluding carboxylic acids is 1. The van der Waals surface area contributed by atoms with Crippen molar-refractivity contribution < 1.29 is 4.79 Å². The largest absolute Gasteiger partial charge is 0.337 e. The molecule has 0 unspecified atom stereocenters. The second-order valence-corrected chi connectivity index (χ2v) is 8.82. The minimum absolute atomic E-state index is 0.0678. The maximum absolute atomic E-state index is 13.2. The molecule has 1 N–H and O–H groups in total. The molecule has 0 saturated heterocycles. The highest BCUT2D eigenvalue weighted by atomic mass is 16.2. The van der Waals surface area contributed by atoms with Gasteiger partial charge in [-0.3, -0.25) is 19.0 Å². The first-order valence-electron chi connectivity index (χ1n) is 11.2. The van der Waals surface area contributed by atoms with Gasteiger partial charge in [0.1, 0.15) is 11.3 Å². The molecule has 32 heavy (non-hydrogen) atoms. The van der Waals surface area contributed by atoms with Crippen molar-refractivity contribution in [3.8, 4) is 0 Å². The van der Waals surface area contributed by atoms with Crippen molar-refractivity contribution in [3.05, 3.63) is 75.7 Å². The Bertz CT molecular complexity index is 1360. The first-order chi connectivity index (χ1) is 15.5. The Balaban J connectivity index is 1.56. The Morgan fingerprint density at radius 1 is 1.16 bits per heavy atom. The molecule has 1 aliphatic carbocycles. The Labute approximate surface area is 186 Å². The number of carbonyl (C=O) groups is 1. The van der Waals surface area contributed by atoms with Crippen LogP contribution in [-0.4, -0.2) is 37.2 Å². The van der Waals surface area contributed by atoms with Gasteiger partial charge in [-0.25, -0.2) is 4.98 Å². The second-order valence-electron chi connectivity index (χ2n) is 8.82. The van der Waals surface area contributed by atoms with Gasteiger partial charge in [-0.2, -0.15) is 0 Å². The summed E-state index contributed by atoms with van der Waals surface area (Å²) >= 11 is 0.